The molecule has 1 aliphatic carbocycles. The summed E-state index contributed by atoms with van der Waals surface area (Å²) in [5.74, 6) is 1.38. The topological polar surface area (TPSA) is 55.1 Å². The Morgan fingerprint density at radius 2 is 1.89 bits per heavy atom. The molecule has 0 heterocycles. The van der Waals surface area contributed by atoms with Gasteiger partial charge in [0.25, 0.3) is 5.91 Å². The van der Waals surface area contributed by atoms with E-state index < -0.39 is 0 Å². The fourth-order valence-corrected chi connectivity index (χ4v) is 3.01. The summed E-state index contributed by atoms with van der Waals surface area (Å²) in [7, 11) is 0. The van der Waals surface area contributed by atoms with Crippen LogP contribution in [0, 0.1) is 11.8 Å². The van der Waals surface area contributed by atoms with Crippen molar-refractivity contribution in [2.75, 3.05) is 5.73 Å². The molecule has 0 saturated heterocycles. The van der Waals surface area contributed by atoms with E-state index in [1.807, 2.05) is 6.07 Å². The number of benzene rings is 1. The quantitative estimate of drug-likeness (QED) is 0.788. The average molecular weight is 246 g/mol. The van der Waals surface area contributed by atoms with E-state index in [0.29, 0.717) is 29.1 Å². The highest BCUT2D eigenvalue weighted by Gasteiger charge is 2.25. The van der Waals surface area contributed by atoms with Crippen LogP contribution in [0.25, 0.3) is 0 Å². The van der Waals surface area contributed by atoms with Crippen LogP contribution in [0.15, 0.2) is 24.3 Å². The molecule has 0 spiro atoms. The Labute approximate surface area is 109 Å². The SMILES string of the molecule is CC1CC(C)CC(NC(=O)c2cccc(N)c2)C1. The van der Waals surface area contributed by atoms with Crippen LogP contribution in [-0.4, -0.2) is 11.9 Å². The highest BCUT2D eigenvalue weighted by molar-refractivity contribution is 5.95. The third kappa shape index (κ3) is 3.25. The first kappa shape index (κ1) is 12.9. The van der Waals surface area contributed by atoms with E-state index in [1.54, 1.807) is 18.2 Å². The van der Waals surface area contributed by atoms with Crippen LogP contribution in [0.3, 0.4) is 0 Å². The van der Waals surface area contributed by atoms with Gasteiger partial charge in [-0.25, -0.2) is 0 Å². The molecule has 1 aliphatic rings. The van der Waals surface area contributed by atoms with Crippen LogP contribution in [-0.2, 0) is 0 Å². The smallest absolute Gasteiger partial charge is 0.251 e. The summed E-state index contributed by atoms with van der Waals surface area (Å²) in [6.07, 6.45) is 3.43. The molecule has 1 amide bonds. The predicted molar refractivity (Wildman–Crippen MR) is 74.3 cm³/mol. The summed E-state index contributed by atoms with van der Waals surface area (Å²) in [6, 6.07) is 7.45. The van der Waals surface area contributed by atoms with Gasteiger partial charge < -0.3 is 11.1 Å². The summed E-state index contributed by atoms with van der Waals surface area (Å²) in [4.78, 5) is 12.1. The van der Waals surface area contributed by atoms with Crippen molar-refractivity contribution >= 4 is 11.6 Å². The van der Waals surface area contributed by atoms with Gasteiger partial charge in [-0.1, -0.05) is 19.9 Å². The lowest BCUT2D eigenvalue weighted by molar-refractivity contribution is 0.0911. The molecule has 0 aromatic heterocycles. The number of anilines is 1. The molecule has 3 N–H and O–H groups in total. The molecule has 0 bridgehead atoms. The van der Waals surface area contributed by atoms with Gasteiger partial charge in [-0.15, -0.1) is 0 Å². The number of carbonyl (C=O) groups is 1. The van der Waals surface area contributed by atoms with Crippen LogP contribution >= 0.6 is 0 Å². The maximum absolute atomic E-state index is 12.1. The summed E-state index contributed by atoms with van der Waals surface area (Å²) >= 11 is 0. The molecular formula is C15H22N2O. The number of amides is 1. The first-order chi connectivity index (χ1) is 8.54. The Balaban J connectivity index is 1.99. The predicted octanol–water partition coefficient (Wildman–Crippen LogP) is 2.82. The zero-order valence-corrected chi connectivity index (χ0v) is 11.1. The third-order valence-corrected chi connectivity index (χ3v) is 3.66. The van der Waals surface area contributed by atoms with E-state index in [2.05, 4.69) is 19.2 Å². The van der Waals surface area contributed by atoms with Crippen LogP contribution in [0.1, 0.15) is 43.5 Å². The maximum Gasteiger partial charge on any atom is 0.251 e. The van der Waals surface area contributed by atoms with Gasteiger partial charge in [-0.2, -0.15) is 0 Å². The number of nitrogens with one attached hydrogen (secondary N) is 1. The largest absolute Gasteiger partial charge is 0.399 e. The molecule has 3 heteroatoms. The molecule has 3 nitrogen and oxygen atoms in total. The van der Waals surface area contributed by atoms with Crippen molar-refractivity contribution in [1.29, 1.82) is 0 Å². The van der Waals surface area contributed by atoms with Gasteiger partial charge in [0.05, 0.1) is 0 Å². The van der Waals surface area contributed by atoms with E-state index in [0.717, 1.165) is 12.8 Å². The minimum atomic E-state index is -0.00593. The number of rotatable bonds is 2. The second-order valence-corrected chi connectivity index (χ2v) is 5.71. The van der Waals surface area contributed by atoms with Crippen LogP contribution in [0.4, 0.5) is 5.69 Å². The minimum Gasteiger partial charge on any atom is -0.399 e. The maximum atomic E-state index is 12.1. The first-order valence-corrected chi connectivity index (χ1v) is 6.71. The fourth-order valence-electron chi connectivity index (χ4n) is 3.01. The van der Waals surface area contributed by atoms with E-state index in [1.165, 1.54) is 6.42 Å². The summed E-state index contributed by atoms with van der Waals surface area (Å²) < 4.78 is 0. The Morgan fingerprint density at radius 1 is 1.22 bits per heavy atom. The summed E-state index contributed by atoms with van der Waals surface area (Å²) in [5.41, 5.74) is 6.98. The first-order valence-electron chi connectivity index (χ1n) is 6.71. The molecule has 18 heavy (non-hydrogen) atoms. The molecule has 0 radical (unpaired) electrons. The molecule has 2 atom stereocenters. The second-order valence-electron chi connectivity index (χ2n) is 5.71. The van der Waals surface area contributed by atoms with Crippen molar-refractivity contribution in [3.8, 4) is 0 Å². The molecular weight excluding hydrogens is 224 g/mol. The van der Waals surface area contributed by atoms with Crippen LogP contribution < -0.4 is 11.1 Å². The van der Waals surface area contributed by atoms with E-state index in [4.69, 9.17) is 5.73 Å². The molecule has 1 aromatic rings. The summed E-state index contributed by atoms with van der Waals surface area (Å²) in [6.45, 7) is 4.52. The molecule has 1 saturated carbocycles. The van der Waals surface area contributed by atoms with E-state index in [9.17, 15) is 4.79 Å². The molecule has 1 aromatic carbocycles. The second kappa shape index (κ2) is 5.42. The van der Waals surface area contributed by atoms with E-state index >= 15 is 0 Å². The number of nitrogen functional groups attached to an aromatic ring is 1. The van der Waals surface area contributed by atoms with Crippen molar-refractivity contribution < 1.29 is 4.79 Å². The molecule has 1 fully saturated rings. The number of hydrogen-bond donors (Lipinski definition) is 2. The van der Waals surface area contributed by atoms with Crippen molar-refractivity contribution in [3.63, 3.8) is 0 Å². The van der Waals surface area contributed by atoms with Gasteiger partial charge in [-0.3, -0.25) is 4.79 Å². The van der Waals surface area contributed by atoms with Crippen molar-refractivity contribution in [3.05, 3.63) is 29.8 Å². The van der Waals surface area contributed by atoms with Crippen LogP contribution in [0.2, 0.25) is 0 Å². The average Bonchev–Trinajstić information content (AvgIpc) is 2.27. The standard InChI is InChI=1S/C15H22N2O/c1-10-6-11(2)8-14(7-10)17-15(18)12-4-3-5-13(16)9-12/h3-5,9-11,14H,6-8,16H2,1-2H3,(H,17,18). The normalized spacial score (nSPS) is 27.8. The van der Waals surface area contributed by atoms with Gasteiger partial charge in [0.15, 0.2) is 0 Å². The zero-order chi connectivity index (χ0) is 13.1. The van der Waals surface area contributed by atoms with Gasteiger partial charge in [0.2, 0.25) is 0 Å². The lowest BCUT2D eigenvalue weighted by atomic mass is 9.80. The third-order valence-electron chi connectivity index (χ3n) is 3.66. The van der Waals surface area contributed by atoms with E-state index in [-0.39, 0.29) is 5.91 Å². The lowest BCUT2D eigenvalue weighted by Gasteiger charge is -2.32. The molecule has 0 aliphatic heterocycles. The number of nitrogens with two attached hydrogens (primary N) is 1. The minimum absolute atomic E-state index is 0.00593. The number of hydrogen-bond acceptors (Lipinski definition) is 2. The molecule has 2 unspecified atom stereocenters. The Morgan fingerprint density at radius 3 is 2.50 bits per heavy atom. The molecule has 98 valence electrons. The van der Waals surface area contributed by atoms with Crippen LogP contribution in [0.5, 0.6) is 0 Å². The fraction of sp³-hybridized carbons (Fsp3) is 0.533. The monoisotopic (exact) mass is 246 g/mol. The van der Waals surface area contributed by atoms with Crippen molar-refractivity contribution in [2.45, 2.75) is 39.2 Å². The van der Waals surface area contributed by atoms with Gasteiger partial charge in [0.1, 0.15) is 0 Å². The number of carbonyl (C=O) groups excluding carboxylic acids is 1. The zero-order valence-electron chi connectivity index (χ0n) is 11.1. The van der Waals surface area contributed by atoms with Gasteiger partial charge in [0, 0.05) is 17.3 Å². The van der Waals surface area contributed by atoms with Gasteiger partial charge >= 0.3 is 0 Å². The highest BCUT2D eigenvalue weighted by Crippen LogP contribution is 2.28. The highest BCUT2D eigenvalue weighted by atomic mass is 16.1. The Bertz CT molecular complexity index is 420. The van der Waals surface area contributed by atoms with Crippen molar-refractivity contribution in [2.24, 2.45) is 11.8 Å². The Kier molecular flexibility index (Phi) is 3.90. The van der Waals surface area contributed by atoms with Crippen molar-refractivity contribution in [1.82, 2.24) is 5.32 Å². The molecule has 2 rings (SSSR count). The summed E-state index contributed by atoms with van der Waals surface area (Å²) in [5, 5.41) is 3.13. The Hall–Kier alpha value is -1.51. The van der Waals surface area contributed by atoms with Gasteiger partial charge in [-0.05, 0) is 49.3 Å². The lowest BCUT2D eigenvalue weighted by Crippen LogP contribution is -2.40.